The topological polar surface area (TPSA) is 50.0 Å². The molecule has 4 fully saturated rings. The van der Waals surface area contributed by atoms with Crippen LogP contribution < -0.4 is 0 Å². The van der Waals surface area contributed by atoms with Crippen molar-refractivity contribution in [2.24, 2.45) is 22.2 Å². The molecule has 1 aliphatic heterocycles. The lowest BCUT2D eigenvalue weighted by Gasteiger charge is -2.57. The van der Waals surface area contributed by atoms with E-state index in [0.29, 0.717) is 10.8 Å². The monoisotopic (exact) mass is 258 g/mol. The van der Waals surface area contributed by atoms with E-state index in [2.05, 4.69) is 26.5 Å². The molecule has 4 rings (SSSR count). The van der Waals surface area contributed by atoms with Crippen LogP contribution in [-0.4, -0.2) is 30.2 Å². The zero-order chi connectivity index (χ0) is 11.2. The van der Waals surface area contributed by atoms with Crippen molar-refractivity contribution in [3.8, 4) is 0 Å². The molecule has 2 N–H and O–H groups in total. The lowest BCUT2D eigenvalue weighted by molar-refractivity contribution is -0.270. The first-order chi connectivity index (χ1) is 7.56. The average Bonchev–Trinajstić information content (AvgIpc) is 2.55. The Morgan fingerprint density at radius 1 is 1.18 bits per heavy atom. The van der Waals surface area contributed by atoms with E-state index in [1.165, 1.54) is 12.8 Å². The van der Waals surface area contributed by atoms with Crippen LogP contribution in [0.4, 0.5) is 0 Å². The molecule has 3 aliphatic carbocycles. The summed E-state index contributed by atoms with van der Waals surface area (Å²) < 4.78 is 12.1. The van der Waals surface area contributed by atoms with Gasteiger partial charge in [-0.05, 0) is 29.6 Å². The van der Waals surface area contributed by atoms with Crippen LogP contribution in [0, 0.1) is 22.2 Å². The van der Waals surface area contributed by atoms with Crippen molar-refractivity contribution in [3.05, 3.63) is 0 Å². The summed E-state index contributed by atoms with van der Waals surface area (Å²) >= 11 is 4.66. The van der Waals surface area contributed by atoms with Crippen LogP contribution >= 0.6 is 12.6 Å². The molecule has 0 aromatic rings. The highest BCUT2D eigenvalue weighted by Crippen LogP contribution is 2.93. The molecule has 17 heavy (non-hydrogen) atoms. The van der Waals surface area contributed by atoms with E-state index in [1.807, 2.05) is 0 Å². The maximum atomic E-state index is 6.05. The van der Waals surface area contributed by atoms with Gasteiger partial charge in [-0.1, -0.05) is 13.8 Å². The molecule has 0 aromatic carbocycles. The van der Waals surface area contributed by atoms with Gasteiger partial charge >= 0.3 is 0 Å². The van der Waals surface area contributed by atoms with Crippen molar-refractivity contribution in [2.75, 3.05) is 19.0 Å². The van der Waals surface area contributed by atoms with Gasteiger partial charge in [0.05, 0.1) is 13.2 Å². The molecule has 0 radical (unpaired) electrons. The minimum Gasteiger partial charge on any atom is -0.412 e. The van der Waals surface area contributed by atoms with E-state index in [4.69, 9.17) is 9.47 Å². The Kier molecular flexibility index (Phi) is 2.19. The van der Waals surface area contributed by atoms with Gasteiger partial charge in [0.25, 0.3) is 0 Å². The Morgan fingerprint density at radius 2 is 1.82 bits per heavy atom. The molecule has 0 bridgehead atoms. The normalized spacial score (nSPS) is 51.4. The Morgan fingerprint density at radius 3 is 2.29 bits per heavy atom. The van der Waals surface area contributed by atoms with Crippen molar-refractivity contribution in [3.63, 3.8) is 0 Å². The highest BCUT2D eigenvalue weighted by molar-refractivity contribution is 7.80. The smallest absolute Gasteiger partial charge is 0.175 e. The fourth-order valence-electron chi connectivity index (χ4n) is 5.72. The summed E-state index contributed by atoms with van der Waals surface area (Å²) in [5.74, 6) is 1.47. The molecule has 0 amide bonds. The fourth-order valence-corrected chi connectivity index (χ4v) is 6.40. The van der Waals surface area contributed by atoms with E-state index in [1.54, 1.807) is 0 Å². The van der Waals surface area contributed by atoms with Crippen molar-refractivity contribution in [1.29, 1.82) is 0 Å². The standard InChI is InChI=1S/C13H20O2S.H2O/c1-10(2)9-7-13(14-5-6-15-13)11(8-16)3-4-12(9,10)11;/h9,16H,3-8H2,1-2H3;1H2/t9-,11+,12?;/m1./s1. The third-order valence-electron chi connectivity index (χ3n) is 6.56. The molecule has 1 saturated heterocycles. The third kappa shape index (κ3) is 0.877. The Hall–Kier alpha value is 0.230. The predicted octanol–water partition coefficient (Wildman–Crippen LogP) is 1.66. The zero-order valence-corrected chi connectivity index (χ0v) is 11.5. The quantitative estimate of drug-likeness (QED) is 0.727. The van der Waals surface area contributed by atoms with Gasteiger partial charge in [-0.3, -0.25) is 0 Å². The lowest BCUT2D eigenvalue weighted by Crippen LogP contribution is -2.59. The first-order valence-electron chi connectivity index (χ1n) is 6.45. The van der Waals surface area contributed by atoms with E-state index in [-0.39, 0.29) is 16.7 Å². The van der Waals surface area contributed by atoms with Gasteiger partial charge in [0.15, 0.2) is 5.79 Å². The van der Waals surface area contributed by atoms with Crippen LogP contribution in [0.5, 0.6) is 0 Å². The van der Waals surface area contributed by atoms with Crippen LogP contribution in [0.15, 0.2) is 0 Å². The Bertz CT molecular complexity index is 356. The SMILES string of the molecule is CC1(C)[C@H]2CC3(OCCO3)[C@]3(CS)CCC213.O. The Balaban J connectivity index is 0.000000902. The summed E-state index contributed by atoms with van der Waals surface area (Å²) in [6.45, 7) is 6.41. The van der Waals surface area contributed by atoms with Crippen LogP contribution in [0.3, 0.4) is 0 Å². The summed E-state index contributed by atoms with van der Waals surface area (Å²) in [6, 6.07) is 0. The number of fused-ring (bicyclic) bond motifs is 1. The van der Waals surface area contributed by atoms with Crippen LogP contribution in [0.25, 0.3) is 0 Å². The summed E-state index contributed by atoms with van der Waals surface area (Å²) in [4.78, 5) is 0. The largest absolute Gasteiger partial charge is 0.412 e. The van der Waals surface area contributed by atoms with Gasteiger partial charge in [-0.15, -0.1) is 0 Å². The molecule has 98 valence electrons. The minimum absolute atomic E-state index is 0. The van der Waals surface area contributed by atoms with Crippen molar-refractivity contribution in [2.45, 2.75) is 38.9 Å². The van der Waals surface area contributed by atoms with Crippen LogP contribution in [0.2, 0.25) is 0 Å². The highest BCUT2D eigenvalue weighted by Gasteiger charge is 2.92. The number of rotatable bonds is 1. The maximum Gasteiger partial charge on any atom is 0.175 e. The number of thiol groups is 1. The minimum atomic E-state index is -0.257. The van der Waals surface area contributed by atoms with Gasteiger partial charge in [0.2, 0.25) is 0 Å². The van der Waals surface area contributed by atoms with Gasteiger partial charge in [0.1, 0.15) is 0 Å². The highest BCUT2D eigenvalue weighted by atomic mass is 32.1. The molecule has 3 nitrogen and oxygen atoms in total. The number of hydrogen-bond acceptors (Lipinski definition) is 3. The Labute approximate surface area is 108 Å². The average molecular weight is 258 g/mol. The lowest BCUT2D eigenvalue weighted by atomic mass is 9.53. The second-order valence-electron chi connectivity index (χ2n) is 6.64. The predicted molar refractivity (Wildman–Crippen MR) is 68.1 cm³/mol. The van der Waals surface area contributed by atoms with E-state index >= 15 is 0 Å². The molecule has 4 aliphatic rings. The molecule has 4 heteroatoms. The van der Waals surface area contributed by atoms with E-state index in [9.17, 15) is 0 Å². The summed E-state index contributed by atoms with van der Waals surface area (Å²) in [7, 11) is 0. The van der Waals surface area contributed by atoms with E-state index in [0.717, 1.165) is 31.3 Å². The van der Waals surface area contributed by atoms with Crippen LogP contribution in [0.1, 0.15) is 33.1 Å². The number of ether oxygens (including phenoxy) is 2. The molecule has 3 saturated carbocycles. The number of hydrogen-bond donors (Lipinski definition) is 1. The molecule has 1 heterocycles. The van der Waals surface area contributed by atoms with Gasteiger partial charge in [0, 0.05) is 17.6 Å². The first kappa shape index (κ1) is 12.3. The molecule has 0 aromatic heterocycles. The zero-order valence-electron chi connectivity index (χ0n) is 10.6. The van der Waals surface area contributed by atoms with Crippen LogP contribution in [-0.2, 0) is 9.47 Å². The molecular formula is C13H22O3S. The fraction of sp³-hybridized carbons (Fsp3) is 1.00. The maximum absolute atomic E-state index is 6.05. The van der Waals surface area contributed by atoms with Gasteiger partial charge < -0.3 is 14.9 Å². The molecule has 3 atom stereocenters. The summed E-state index contributed by atoms with van der Waals surface area (Å²) in [5.41, 5.74) is 1.20. The van der Waals surface area contributed by atoms with Crippen molar-refractivity contribution in [1.82, 2.24) is 0 Å². The second kappa shape index (κ2) is 3.03. The first-order valence-corrected chi connectivity index (χ1v) is 7.08. The molecule has 1 unspecified atom stereocenters. The van der Waals surface area contributed by atoms with Crippen molar-refractivity contribution >= 4 is 12.6 Å². The molecular weight excluding hydrogens is 236 g/mol. The van der Waals surface area contributed by atoms with Crippen molar-refractivity contribution < 1.29 is 14.9 Å². The van der Waals surface area contributed by atoms with Gasteiger partial charge in [-0.25, -0.2) is 0 Å². The second-order valence-corrected chi connectivity index (χ2v) is 6.96. The van der Waals surface area contributed by atoms with Gasteiger partial charge in [-0.2, -0.15) is 12.6 Å². The third-order valence-corrected chi connectivity index (χ3v) is 7.10. The summed E-state index contributed by atoms with van der Waals surface area (Å²) in [6.07, 6.45) is 3.72. The summed E-state index contributed by atoms with van der Waals surface area (Å²) in [5, 5.41) is 0. The van der Waals surface area contributed by atoms with E-state index < -0.39 is 0 Å². The molecule has 2 spiro atoms.